The van der Waals surface area contributed by atoms with E-state index in [1.165, 1.54) is 68.1 Å². The Bertz CT molecular complexity index is 844. The van der Waals surface area contributed by atoms with Gasteiger partial charge in [-0.1, -0.05) is 68.9 Å². The molecule has 1 aromatic carbocycles. The van der Waals surface area contributed by atoms with E-state index in [9.17, 15) is 0 Å². The summed E-state index contributed by atoms with van der Waals surface area (Å²) in [6, 6.07) is 19.4. The summed E-state index contributed by atoms with van der Waals surface area (Å²) >= 11 is 0. The number of benzene rings is 1. The molecule has 0 aliphatic rings. The summed E-state index contributed by atoms with van der Waals surface area (Å²) in [6.07, 6.45) is 20.1. The lowest BCUT2D eigenvalue weighted by Gasteiger charge is -2.03. The number of rotatable bonds is 14. The number of aromatic nitrogens is 2. The third-order valence-electron chi connectivity index (χ3n) is 5.90. The zero-order valence-electron chi connectivity index (χ0n) is 18.8. The molecule has 0 saturated carbocycles. The molecule has 164 valence electrons. The molecule has 3 aromatic rings. The van der Waals surface area contributed by atoms with E-state index < -0.39 is 0 Å². The van der Waals surface area contributed by atoms with Crippen molar-refractivity contribution >= 4 is 0 Å². The first kappa shape index (κ1) is 23.1. The molecule has 2 aromatic heterocycles. The van der Waals surface area contributed by atoms with Crippen molar-refractivity contribution in [1.82, 2.24) is 0 Å². The molecular formula is C28H38N2O+2. The van der Waals surface area contributed by atoms with Gasteiger partial charge in [0.05, 0.1) is 0 Å². The van der Waals surface area contributed by atoms with Crippen molar-refractivity contribution in [2.45, 2.75) is 70.9 Å². The Kier molecular flexibility index (Phi) is 10.2. The summed E-state index contributed by atoms with van der Waals surface area (Å²) in [5, 5.41) is 8.79. The number of hydrogen-bond donors (Lipinski definition) is 1. The van der Waals surface area contributed by atoms with Gasteiger partial charge >= 0.3 is 0 Å². The second kappa shape index (κ2) is 13.7. The predicted molar refractivity (Wildman–Crippen MR) is 126 cm³/mol. The van der Waals surface area contributed by atoms with Gasteiger partial charge in [0, 0.05) is 42.9 Å². The molecular weight excluding hydrogens is 380 g/mol. The zero-order chi connectivity index (χ0) is 21.6. The molecule has 0 spiro atoms. The Morgan fingerprint density at radius 1 is 0.516 bits per heavy atom. The molecule has 1 N–H and O–H groups in total. The molecule has 0 aliphatic carbocycles. The first-order chi connectivity index (χ1) is 15.3. The van der Waals surface area contributed by atoms with Gasteiger partial charge in [-0.15, -0.1) is 0 Å². The normalized spacial score (nSPS) is 11.0. The number of aliphatic hydroxyl groups excluding tert-OH is 1. The van der Waals surface area contributed by atoms with E-state index in [-0.39, 0.29) is 0 Å². The smallest absolute Gasteiger partial charge is 0.173 e. The molecule has 3 heteroatoms. The van der Waals surface area contributed by atoms with Crippen LogP contribution in [0.5, 0.6) is 0 Å². The maximum absolute atomic E-state index is 8.79. The Labute approximate surface area is 188 Å². The van der Waals surface area contributed by atoms with E-state index in [0.717, 1.165) is 19.5 Å². The highest BCUT2D eigenvalue weighted by atomic mass is 16.2. The molecule has 0 amide bonds. The summed E-state index contributed by atoms with van der Waals surface area (Å²) in [7, 11) is 0. The van der Waals surface area contributed by atoms with Crippen molar-refractivity contribution in [3.8, 4) is 11.1 Å². The van der Waals surface area contributed by atoms with Crippen LogP contribution in [0.2, 0.25) is 0 Å². The van der Waals surface area contributed by atoms with E-state index in [0.29, 0.717) is 6.61 Å². The maximum atomic E-state index is 8.79. The second-order valence-corrected chi connectivity index (χ2v) is 8.47. The third-order valence-corrected chi connectivity index (χ3v) is 5.90. The summed E-state index contributed by atoms with van der Waals surface area (Å²) < 4.78 is 4.52. The van der Waals surface area contributed by atoms with E-state index in [1.54, 1.807) is 0 Å². The Balaban J connectivity index is 1.35. The number of nitrogens with zero attached hydrogens (tertiary/aromatic N) is 2. The summed E-state index contributed by atoms with van der Waals surface area (Å²) in [5.74, 6) is 0. The molecule has 0 aliphatic heterocycles. The summed E-state index contributed by atoms with van der Waals surface area (Å²) in [4.78, 5) is 0. The quantitative estimate of drug-likeness (QED) is 0.272. The minimum atomic E-state index is 0.346. The van der Waals surface area contributed by atoms with Crippen molar-refractivity contribution in [2.75, 3.05) is 6.61 Å². The van der Waals surface area contributed by atoms with Crippen LogP contribution in [0.15, 0.2) is 79.4 Å². The Morgan fingerprint density at radius 2 is 1.00 bits per heavy atom. The van der Waals surface area contributed by atoms with Gasteiger partial charge in [-0.2, -0.15) is 0 Å². The average Bonchev–Trinajstić information content (AvgIpc) is 2.82. The van der Waals surface area contributed by atoms with Crippen molar-refractivity contribution in [2.24, 2.45) is 0 Å². The minimum Gasteiger partial charge on any atom is -0.396 e. The van der Waals surface area contributed by atoms with Crippen LogP contribution in [0.25, 0.3) is 11.1 Å². The number of aliphatic hydroxyl groups is 1. The fourth-order valence-electron chi connectivity index (χ4n) is 3.99. The lowest BCUT2D eigenvalue weighted by atomic mass is 10.1. The zero-order valence-corrected chi connectivity index (χ0v) is 18.8. The van der Waals surface area contributed by atoms with Crippen LogP contribution in [-0.4, -0.2) is 11.7 Å². The molecule has 0 saturated heterocycles. The van der Waals surface area contributed by atoms with E-state index >= 15 is 0 Å². The SMILES string of the molecule is OCCCCCCCCCCC[n+]1ccc(-c2cc[n+](Cc3ccccc3)cc2)cc1. The number of pyridine rings is 2. The van der Waals surface area contributed by atoms with Crippen LogP contribution < -0.4 is 9.13 Å². The highest BCUT2D eigenvalue weighted by Crippen LogP contribution is 2.16. The second-order valence-electron chi connectivity index (χ2n) is 8.47. The van der Waals surface area contributed by atoms with Crippen molar-refractivity contribution in [3.63, 3.8) is 0 Å². The monoisotopic (exact) mass is 418 g/mol. The molecule has 0 radical (unpaired) electrons. The van der Waals surface area contributed by atoms with E-state index in [1.807, 2.05) is 0 Å². The standard InChI is InChI=1S/C28H38N2O/c31-24-12-7-5-3-1-2-4-6-11-19-29-20-15-27(16-21-29)28-17-22-30(23-18-28)25-26-13-9-8-10-14-26/h8-10,13-18,20-23,31H,1-7,11-12,19,24-25H2/q+2. The fourth-order valence-corrected chi connectivity index (χ4v) is 3.99. The highest BCUT2D eigenvalue weighted by Gasteiger charge is 2.06. The van der Waals surface area contributed by atoms with Gasteiger partial charge < -0.3 is 5.11 Å². The molecule has 2 heterocycles. The molecule has 3 nitrogen and oxygen atoms in total. The van der Waals surface area contributed by atoms with Crippen LogP contribution in [-0.2, 0) is 13.1 Å². The fraction of sp³-hybridized carbons (Fsp3) is 0.429. The van der Waals surface area contributed by atoms with Crippen molar-refractivity contribution in [1.29, 1.82) is 0 Å². The first-order valence-electron chi connectivity index (χ1n) is 12.0. The number of hydrogen-bond acceptors (Lipinski definition) is 1. The highest BCUT2D eigenvalue weighted by molar-refractivity contribution is 5.60. The van der Waals surface area contributed by atoms with Gasteiger partial charge in [-0.05, 0) is 24.0 Å². The lowest BCUT2D eigenvalue weighted by molar-refractivity contribution is -0.697. The minimum absolute atomic E-state index is 0.346. The maximum Gasteiger partial charge on any atom is 0.173 e. The summed E-state index contributed by atoms with van der Waals surface area (Å²) in [5.41, 5.74) is 3.85. The van der Waals surface area contributed by atoms with Crippen LogP contribution in [0, 0.1) is 0 Å². The molecule has 0 bridgehead atoms. The molecule has 0 unspecified atom stereocenters. The Morgan fingerprint density at radius 3 is 1.55 bits per heavy atom. The van der Waals surface area contributed by atoms with Gasteiger partial charge in [0.15, 0.2) is 31.3 Å². The molecule has 0 fully saturated rings. The van der Waals surface area contributed by atoms with Gasteiger partial charge in [-0.25, -0.2) is 9.13 Å². The van der Waals surface area contributed by atoms with Gasteiger partial charge in [0.2, 0.25) is 0 Å². The van der Waals surface area contributed by atoms with Crippen LogP contribution in [0.3, 0.4) is 0 Å². The average molecular weight is 419 g/mol. The predicted octanol–water partition coefficient (Wildman–Crippen LogP) is 5.48. The Hall–Kier alpha value is -2.52. The molecule has 3 rings (SSSR count). The van der Waals surface area contributed by atoms with Crippen LogP contribution in [0.4, 0.5) is 0 Å². The molecule has 0 atom stereocenters. The largest absolute Gasteiger partial charge is 0.396 e. The van der Waals surface area contributed by atoms with Gasteiger partial charge in [0.1, 0.15) is 6.54 Å². The topological polar surface area (TPSA) is 28.0 Å². The van der Waals surface area contributed by atoms with Crippen molar-refractivity contribution in [3.05, 3.63) is 84.9 Å². The van der Waals surface area contributed by atoms with Crippen molar-refractivity contribution < 1.29 is 14.2 Å². The summed E-state index contributed by atoms with van der Waals surface area (Å²) in [6.45, 7) is 2.35. The van der Waals surface area contributed by atoms with Crippen LogP contribution >= 0.6 is 0 Å². The van der Waals surface area contributed by atoms with Gasteiger partial charge in [-0.3, -0.25) is 0 Å². The van der Waals surface area contributed by atoms with E-state index in [4.69, 9.17) is 5.11 Å². The van der Waals surface area contributed by atoms with Crippen LogP contribution in [0.1, 0.15) is 63.4 Å². The van der Waals surface area contributed by atoms with E-state index in [2.05, 4.69) is 88.5 Å². The number of unbranched alkanes of at least 4 members (excludes halogenated alkanes) is 8. The third kappa shape index (κ3) is 8.63. The lowest BCUT2D eigenvalue weighted by Crippen LogP contribution is -2.33. The number of aryl methyl sites for hydroxylation is 1. The van der Waals surface area contributed by atoms with Gasteiger partial charge in [0.25, 0.3) is 0 Å². The first-order valence-corrected chi connectivity index (χ1v) is 12.0. The molecule has 31 heavy (non-hydrogen) atoms.